The Labute approximate surface area is 220 Å². The van der Waals surface area contributed by atoms with Gasteiger partial charge in [-0.05, 0) is 74.4 Å². The maximum atomic E-state index is 13.4. The number of nitro benzene ring substituents is 1. The van der Waals surface area contributed by atoms with Crippen molar-refractivity contribution < 1.29 is 38.3 Å². The number of hydrogen-bond acceptors (Lipinski definition) is 10. The van der Waals surface area contributed by atoms with Gasteiger partial charge >= 0.3 is 24.0 Å². The van der Waals surface area contributed by atoms with Crippen LogP contribution in [-0.4, -0.2) is 56.7 Å². The van der Waals surface area contributed by atoms with E-state index in [1.165, 1.54) is 31.5 Å². The number of imide groups is 1. The number of carbonyl (C=O) groups is 3. The van der Waals surface area contributed by atoms with Crippen LogP contribution in [0.15, 0.2) is 24.4 Å². The third-order valence-electron chi connectivity index (χ3n) is 4.34. The van der Waals surface area contributed by atoms with E-state index in [4.69, 9.17) is 18.9 Å². The molecule has 0 fully saturated rings. The summed E-state index contributed by atoms with van der Waals surface area (Å²) in [5.74, 6) is -0.498. The Hall–Kier alpha value is -4.16. The first-order valence-electron chi connectivity index (χ1n) is 11.6. The summed E-state index contributed by atoms with van der Waals surface area (Å²) in [5.41, 5.74) is -3.22. The van der Waals surface area contributed by atoms with Crippen molar-refractivity contribution in [2.45, 2.75) is 79.1 Å². The van der Waals surface area contributed by atoms with Crippen LogP contribution in [0.3, 0.4) is 0 Å². The predicted octanol–water partition coefficient (Wildman–Crippen LogP) is 5.93. The highest BCUT2D eigenvalue weighted by molar-refractivity contribution is 6.09. The second-order valence-corrected chi connectivity index (χ2v) is 11.2. The number of nitro groups is 1. The van der Waals surface area contributed by atoms with Crippen molar-refractivity contribution in [3.63, 3.8) is 0 Å². The lowest BCUT2D eigenvalue weighted by molar-refractivity contribution is -0.385. The Morgan fingerprint density at radius 3 is 1.82 bits per heavy atom. The summed E-state index contributed by atoms with van der Waals surface area (Å²) in [5, 5.41) is 11.6. The van der Waals surface area contributed by atoms with Gasteiger partial charge in [0.15, 0.2) is 5.75 Å². The molecule has 2 amide bonds. The van der Waals surface area contributed by atoms with Gasteiger partial charge in [-0.1, -0.05) is 0 Å². The largest absolute Gasteiger partial charge is 0.490 e. The number of methoxy groups -OCH3 is 1. The summed E-state index contributed by atoms with van der Waals surface area (Å²) >= 11 is 0. The van der Waals surface area contributed by atoms with Gasteiger partial charge < -0.3 is 18.9 Å². The molecule has 0 radical (unpaired) electrons. The average molecular weight is 535 g/mol. The van der Waals surface area contributed by atoms with Crippen LogP contribution < -0.4 is 9.64 Å². The fourth-order valence-corrected chi connectivity index (χ4v) is 3.04. The molecule has 208 valence electrons. The normalized spacial score (nSPS) is 11.9. The topological polar surface area (TPSA) is 152 Å². The number of ether oxygens (including phenoxy) is 4. The van der Waals surface area contributed by atoms with E-state index in [2.05, 4.69) is 4.98 Å². The van der Waals surface area contributed by atoms with Crippen LogP contribution in [0.5, 0.6) is 5.75 Å². The van der Waals surface area contributed by atoms with Crippen molar-refractivity contribution in [3.05, 3.63) is 34.5 Å². The second-order valence-electron chi connectivity index (χ2n) is 11.2. The second kappa shape index (κ2) is 10.7. The zero-order chi connectivity index (χ0) is 29.2. The average Bonchev–Trinajstić information content (AvgIpc) is 3.14. The number of rotatable bonds is 4. The standard InChI is InChI=1S/C25H34N4O9/c1-23(2,3)36-20(30)27-17(15-11-12-18(35-10)16(13-15)29(33)34)14-26-19(27)28(21(31)37-24(4,5)6)22(32)38-25(7,8)9/h11-14H,1-10H3. The Kier molecular flexibility index (Phi) is 8.45. The number of carbonyl (C=O) groups excluding carboxylic acids is 3. The van der Waals surface area contributed by atoms with Gasteiger partial charge in [0.25, 0.3) is 0 Å². The van der Waals surface area contributed by atoms with Crippen molar-refractivity contribution in [1.82, 2.24) is 9.55 Å². The summed E-state index contributed by atoms with van der Waals surface area (Å²) in [6.07, 6.45) is -2.15. The van der Waals surface area contributed by atoms with Gasteiger partial charge in [-0.3, -0.25) is 10.1 Å². The first-order valence-corrected chi connectivity index (χ1v) is 11.6. The maximum Gasteiger partial charge on any atom is 0.427 e. The van der Waals surface area contributed by atoms with Crippen LogP contribution in [0.2, 0.25) is 0 Å². The molecule has 0 aliphatic rings. The maximum absolute atomic E-state index is 13.4. The van der Waals surface area contributed by atoms with Gasteiger partial charge in [0.2, 0.25) is 5.95 Å². The van der Waals surface area contributed by atoms with Crippen LogP contribution in [0, 0.1) is 10.1 Å². The number of amides is 2. The zero-order valence-electron chi connectivity index (χ0n) is 23.3. The molecule has 1 aromatic carbocycles. The predicted molar refractivity (Wildman–Crippen MR) is 137 cm³/mol. The quantitative estimate of drug-likeness (QED) is 0.262. The molecular weight excluding hydrogens is 500 g/mol. The lowest BCUT2D eigenvalue weighted by atomic mass is 10.1. The highest BCUT2D eigenvalue weighted by atomic mass is 16.6. The van der Waals surface area contributed by atoms with E-state index in [9.17, 15) is 24.5 Å². The molecule has 0 bridgehead atoms. The van der Waals surface area contributed by atoms with E-state index in [0.717, 1.165) is 4.57 Å². The van der Waals surface area contributed by atoms with Crippen LogP contribution in [-0.2, 0) is 14.2 Å². The molecule has 0 atom stereocenters. The van der Waals surface area contributed by atoms with Crippen LogP contribution >= 0.6 is 0 Å². The molecule has 0 aliphatic heterocycles. The molecule has 0 saturated heterocycles. The van der Waals surface area contributed by atoms with Crippen LogP contribution in [0.25, 0.3) is 11.3 Å². The fraction of sp³-hybridized carbons (Fsp3) is 0.520. The molecule has 0 aliphatic carbocycles. The van der Waals surface area contributed by atoms with Crippen molar-refractivity contribution >= 4 is 29.9 Å². The molecule has 1 aromatic heterocycles. The minimum absolute atomic E-state index is 0.00267. The summed E-state index contributed by atoms with van der Waals surface area (Å²) < 4.78 is 22.2. The first kappa shape index (κ1) is 30.1. The summed E-state index contributed by atoms with van der Waals surface area (Å²) in [7, 11) is 1.28. The van der Waals surface area contributed by atoms with Gasteiger partial charge in [0, 0.05) is 11.6 Å². The van der Waals surface area contributed by atoms with E-state index in [0.29, 0.717) is 4.90 Å². The van der Waals surface area contributed by atoms with E-state index in [-0.39, 0.29) is 22.7 Å². The minimum Gasteiger partial charge on any atom is -0.490 e. The third-order valence-corrected chi connectivity index (χ3v) is 4.34. The third kappa shape index (κ3) is 7.67. The Bertz CT molecular complexity index is 1200. The van der Waals surface area contributed by atoms with Gasteiger partial charge in [-0.2, -0.15) is 0 Å². The molecule has 0 saturated carbocycles. The number of hydrogen-bond donors (Lipinski definition) is 0. The van der Waals surface area contributed by atoms with Crippen molar-refractivity contribution in [2.75, 3.05) is 12.0 Å². The molecule has 0 N–H and O–H groups in total. The first-order chi connectivity index (χ1) is 17.2. The van der Waals surface area contributed by atoms with Gasteiger partial charge in [0.05, 0.1) is 23.9 Å². The summed E-state index contributed by atoms with van der Waals surface area (Å²) in [4.78, 5) is 55.4. The van der Waals surface area contributed by atoms with Crippen LogP contribution in [0.1, 0.15) is 62.3 Å². The number of imidazole rings is 1. The molecule has 38 heavy (non-hydrogen) atoms. The Morgan fingerprint density at radius 2 is 1.39 bits per heavy atom. The fourth-order valence-electron chi connectivity index (χ4n) is 3.04. The molecule has 13 heteroatoms. The van der Waals surface area contributed by atoms with E-state index in [1.807, 2.05) is 0 Å². The molecule has 13 nitrogen and oxygen atoms in total. The zero-order valence-corrected chi connectivity index (χ0v) is 23.3. The number of anilines is 1. The van der Waals surface area contributed by atoms with Crippen molar-refractivity contribution in [3.8, 4) is 17.0 Å². The highest BCUT2D eigenvalue weighted by Crippen LogP contribution is 2.35. The lowest BCUT2D eigenvalue weighted by Gasteiger charge is -2.28. The molecule has 0 unspecified atom stereocenters. The van der Waals surface area contributed by atoms with Crippen molar-refractivity contribution in [1.29, 1.82) is 0 Å². The SMILES string of the molecule is COc1ccc(-c2cnc(N(C(=O)OC(C)(C)C)C(=O)OC(C)(C)C)n2C(=O)OC(C)(C)C)cc1[N+](=O)[O-]. The van der Waals surface area contributed by atoms with E-state index < -0.39 is 46.0 Å². The van der Waals surface area contributed by atoms with Gasteiger partial charge in [-0.15, -0.1) is 4.90 Å². The summed E-state index contributed by atoms with van der Waals surface area (Å²) in [6, 6.07) is 3.98. The monoisotopic (exact) mass is 534 g/mol. The molecular formula is C25H34N4O9. The van der Waals surface area contributed by atoms with Crippen molar-refractivity contribution in [2.24, 2.45) is 0 Å². The van der Waals surface area contributed by atoms with Gasteiger partial charge in [0.1, 0.15) is 16.8 Å². The molecule has 2 aromatic rings. The lowest BCUT2D eigenvalue weighted by Crippen LogP contribution is -2.45. The molecule has 0 spiro atoms. The Balaban J connectivity index is 2.84. The van der Waals surface area contributed by atoms with E-state index in [1.54, 1.807) is 62.3 Å². The number of nitrogens with zero attached hydrogens (tertiary/aromatic N) is 4. The number of benzene rings is 1. The Morgan fingerprint density at radius 1 is 0.895 bits per heavy atom. The smallest absolute Gasteiger partial charge is 0.427 e. The van der Waals surface area contributed by atoms with Crippen LogP contribution in [0.4, 0.5) is 26.0 Å². The van der Waals surface area contributed by atoms with E-state index >= 15 is 0 Å². The molecule has 1 heterocycles. The van der Waals surface area contributed by atoms with Gasteiger partial charge in [-0.25, -0.2) is 23.9 Å². The number of aromatic nitrogens is 2. The summed E-state index contributed by atoms with van der Waals surface area (Å²) in [6.45, 7) is 14.5. The minimum atomic E-state index is -1.16. The highest BCUT2D eigenvalue weighted by Gasteiger charge is 2.38. The molecule has 2 rings (SSSR count).